The number of rotatable bonds is 2. The summed E-state index contributed by atoms with van der Waals surface area (Å²) in [5, 5.41) is 18.9. The smallest absolute Gasteiger partial charge is 0.245 e. The van der Waals surface area contributed by atoms with Crippen LogP contribution in [-0.2, 0) is 10.0 Å². The molecule has 0 aromatic heterocycles. The third kappa shape index (κ3) is 2.10. The van der Waals surface area contributed by atoms with E-state index in [4.69, 9.17) is 5.73 Å². The highest BCUT2D eigenvalue weighted by Crippen LogP contribution is 2.28. The van der Waals surface area contributed by atoms with Crippen LogP contribution in [0.1, 0.15) is 5.56 Å². The summed E-state index contributed by atoms with van der Waals surface area (Å²) in [6.07, 6.45) is -2.10. The molecule has 1 aromatic carbocycles. The van der Waals surface area contributed by atoms with Crippen LogP contribution in [0.5, 0.6) is 0 Å². The van der Waals surface area contributed by atoms with Gasteiger partial charge in [0, 0.05) is 13.1 Å². The van der Waals surface area contributed by atoms with E-state index in [2.05, 4.69) is 0 Å². The topological polar surface area (TPSA) is 104 Å². The van der Waals surface area contributed by atoms with Gasteiger partial charge in [-0.05, 0) is 18.6 Å². The van der Waals surface area contributed by atoms with Gasteiger partial charge in [-0.25, -0.2) is 8.42 Å². The van der Waals surface area contributed by atoms with Gasteiger partial charge in [0.2, 0.25) is 10.0 Å². The Balaban J connectivity index is 2.44. The first-order valence-corrected chi connectivity index (χ1v) is 6.99. The van der Waals surface area contributed by atoms with Crippen molar-refractivity contribution < 1.29 is 18.6 Å². The Hall–Kier alpha value is -1.15. The summed E-state index contributed by atoms with van der Waals surface area (Å²) in [7, 11) is -3.78. The molecule has 0 aliphatic carbocycles. The first-order valence-electron chi connectivity index (χ1n) is 5.55. The van der Waals surface area contributed by atoms with E-state index >= 15 is 0 Å². The molecule has 0 bridgehead atoms. The fraction of sp³-hybridized carbons (Fsp3) is 0.455. The highest BCUT2D eigenvalue weighted by molar-refractivity contribution is 7.89. The van der Waals surface area contributed by atoms with Crippen LogP contribution in [0.4, 0.5) is 5.69 Å². The second kappa shape index (κ2) is 4.51. The Morgan fingerprint density at radius 2 is 1.83 bits per heavy atom. The van der Waals surface area contributed by atoms with Crippen molar-refractivity contribution >= 4 is 15.7 Å². The normalized spacial score (nSPS) is 25.5. The quantitative estimate of drug-likeness (QED) is 0.618. The van der Waals surface area contributed by atoms with Gasteiger partial charge in [-0.2, -0.15) is 4.31 Å². The van der Waals surface area contributed by atoms with Crippen LogP contribution in [0.25, 0.3) is 0 Å². The first-order chi connectivity index (χ1) is 8.34. The minimum absolute atomic E-state index is 0.0475. The van der Waals surface area contributed by atoms with E-state index in [1.165, 1.54) is 6.07 Å². The average molecular weight is 272 g/mol. The Kier molecular flexibility index (Phi) is 3.33. The summed E-state index contributed by atoms with van der Waals surface area (Å²) < 4.78 is 25.8. The maximum Gasteiger partial charge on any atom is 0.245 e. The molecule has 0 amide bonds. The Bertz CT molecular complexity index is 528. The van der Waals surface area contributed by atoms with Crippen molar-refractivity contribution in [3.8, 4) is 0 Å². The minimum atomic E-state index is -3.78. The van der Waals surface area contributed by atoms with Crippen molar-refractivity contribution in [3.63, 3.8) is 0 Å². The molecule has 18 heavy (non-hydrogen) atoms. The molecule has 0 saturated carbocycles. The summed E-state index contributed by atoms with van der Waals surface area (Å²) in [5.41, 5.74) is 6.43. The van der Waals surface area contributed by atoms with E-state index in [9.17, 15) is 18.6 Å². The minimum Gasteiger partial charge on any atom is -0.398 e. The number of hydrogen-bond acceptors (Lipinski definition) is 5. The number of anilines is 1. The molecule has 4 N–H and O–H groups in total. The van der Waals surface area contributed by atoms with Gasteiger partial charge < -0.3 is 15.9 Å². The summed E-state index contributed by atoms with van der Waals surface area (Å²) >= 11 is 0. The van der Waals surface area contributed by atoms with E-state index in [1.54, 1.807) is 19.1 Å². The third-order valence-corrected chi connectivity index (χ3v) is 5.12. The van der Waals surface area contributed by atoms with Crippen LogP contribution in [0.3, 0.4) is 0 Å². The summed E-state index contributed by atoms with van der Waals surface area (Å²) in [4.78, 5) is 0.0475. The number of hydrogen-bond donors (Lipinski definition) is 3. The van der Waals surface area contributed by atoms with Crippen LogP contribution in [0, 0.1) is 6.92 Å². The number of aryl methyl sites for hydroxylation is 1. The van der Waals surface area contributed by atoms with Gasteiger partial charge in [0.1, 0.15) is 4.90 Å². The van der Waals surface area contributed by atoms with Crippen LogP contribution in [0.2, 0.25) is 0 Å². The number of β-amino-alcohol motifs (C(OH)–C–C–N with tert-alkyl or cyclic N) is 2. The van der Waals surface area contributed by atoms with Crippen molar-refractivity contribution in [1.29, 1.82) is 0 Å². The number of benzene rings is 1. The van der Waals surface area contributed by atoms with Crippen LogP contribution < -0.4 is 5.73 Å². The molecule has 1 aromatic rings. The lowest BCUT2D eigenvalue weighted by Gasteiger charge is -2.18. The van der Waals surface area contributed by atoms with Gasteiger partial charge in [-0.1, -0.05) is 12.1 Å². The summed E-state index contributed by atoms with van der Waals surface area (Å²) in [6, 6.07) is 4.85. The molecule has 1 aliphatic heterocycles. The van der Waals surface area contributed by atoms with Crippen LogP contribution >= 0.6 is 0 Å². The Labute approximate surface area is 106 Å². The summed E-state index contributed by atoms with van der Waals surface area (Å²) in [6.45, 7) is 1.43. The van der Waals surface area contributed by atoms with Crippen molar-refractivity contribution in [3.05, 3.63) is 23.8 Å². The molecule has 1 aliphatic rings. The van der Waals surface area contributed by atoms with Gasteiger partial charge in [0.05, 0.1) is 17.9 Å². The highest BCUT2D eigenvalue weighted by atomic mass is 32.2. The first kappa shape index (κ1) is 13.3. The number of sulfonamides is 1. The van der Waals surface area contributed by atoms with Crippen molar-refractivity contribution in [1.82, 2.24) is 4.31 Å². The second-order valence-electron chi connectivity index (χ2n) is 4.45. The second-order valence-corrected chi connectivity index (χ2v) is 6.32. The Morgan fingerprint density at radius 3 is 2.33 bits per heavy atom. The number of aliphatic hydroxyl groups is 2. The van der Waals surface area contributed by atoms with Gasteiger partial charge in [0.25, 0.3) is 0 Å². The molecule has 1 heterocycles. The Morgan fingerprint density at radius 1 is 1.28 bits per heavy atom. The lowest BCUT2D eigenvalue weighted by molar-refractivity contribution is 0.0572. The average Bonchev–Trinajstić information content (AvgIpc) is 2.59. The van der Waals surface area contributed by atoms with Crippen LogP contribution in [0.15, 0.2) is 23.1 Å². The zero-order chi connectivity index (χ0) is 13.5. The predicted molar refractivity (Wildman–Crippen MR) is 66.4 cm³/mol. The molecular weight excluding hydrogens is 256 g/mol. The molecule has 0 unspecified atom stereocenters. The predicted octanol–water partition coefficient (Wildman–Crippen LogP) is -0.697. The largest absolute Gasteiger partial charge is 0.398 e. The molecule has 2 atom stereocenters. The van der Waals surface area contributed by atoms with E-state index in [-0.39, 0.29) is 23.7 Å². The number of nitrogens with two attached hydrogens (primary N) is 1. The van der Waals surface area contributed by atoms with Gasteiger partial charge in [0.15, 0.2) is 0 Å². The molecular formula is C11H16N2O4S. The molecule has 1 fully saturated rings. The standard InChI is InChI=1S/C11H16N2O4S/c1-7-3-2-4-8(12)11(7)18(16,17)13-5-9(14)10(15)6-13/h2-4,9-10,14-15H,5-6,12H2,1H3/t9-,10+. The monoisotopic (exact) mass is 272 g/mol. The lowest BCUT2D eigenvalue weighted by atomic mass is 10.2. The van der Waals surface area contributed by atoms with E-state index in [0.29, 0.717) is 5.56 Å². The molecule has 7 heteroatoms. The highest BCUT2D eigenvalue weighted by Gasteiger charge is 2.38. The van der Waals surface area contributed by atoms with E-state index in [0.717, 1.165) is 4.31 Å². The number of aliphatic hydroxyl groups excluding tert-OH is 2. The van der Waals surface area contributed by atoms with E-state index < -0.39 is 22.2 Å². The van der Waals surface area contributed by atoms with Crippen molar-refractivity contribution in [2.24, 2.45) is 0 Å². The maximum absolute atomic E-state index is 12.4. The SMILES string of the molecule is Cc1cccc(N)c1S(=O)(=O)N1C[C@@H](O)[C@@H](O)C1. The molecule has 1 saturated heterocycles. The zero-order valence-corrected chi connectivity index (χ0v) is 10.8. The third-order valence-electron chi connectivity index (χ3n) is 3.07. The van der Waals surface area contributed by atoms with Crippen molar-refractivity contribution in [2.75, 3.05) is 18.8 Å². The fourth-order valence-corrected chi connectivity index (χ4v) is 3.89. The van der Waals surface area contributed by atoms with Gasteiger partial charge in [-0.3, -0.25) is 0 Å². The zero-order valence-electron chi connectivity index (χ0n) is 9.94. The number of nitrogens with zero attached hydrogens (tertiary/aromatic N) is 1. The molecule has 2 rings (SSSR count). The van der Waals surface area contributed by atoms with Gasteiger partial charge >= 0.3 is 0 Å². The van der Waals surface area contributed by atoms with Crippen molar-refractivity contribution in [2.45, 2.75) is 24.0 Å². The lowest BCUT2D eigenvalue weighted by Crippen LogP contribution is -2.31. The van der Waals surface area contributed by atoms with E-state index in [1.807, 2.05) is 0 Å². The van der Waals surface area contributed by atoms with Crippen LogP contribution in [-0.4, -0.2) is 48.2 Å². The molecule has 0 radical (unpaired) electrons. The fourth-order valence-electron chi connectivity index (χ4n) is 2.09. The molecule has 0 spiro atoms. The molecule has 6 nitrogen and oxygen atoms in total. The van der Waals surface area contributed by atoms with Gasteiger partial charge in [-0.15, -0.1) is 0 Å². The summed E-state index contributed by atoms with van der Waals surface area (Å²) in [5.74, 6) is 0. The molecule has 100 valence electrons. The number of nitrogen functional groups attached to an aromatic ring is 1. The maximum atomic E-state index is 12.4.